The number of hydrogen-bond acceptors (Lipinski definition) is 5. The predicted molar refractivity (Wildman–Crippen MR) is 128 cm³/mol. The molecule has 0 bridgehead atoms. The molecule has 1 heterocycles. The van der Waals surface area contributed by atoms with Gasteiger partial charge < -0.3 is 25.2 Å². The second-order valence-corrected chi connectivity index (χ2v) is 8.42. The van der Waals surface area contributed by atoms with E-state index in [1.54, 1.807) is 7.11 Å². The average Bonchev–Trinajstić information content (AvgIpc) is 3.63. The van der Waals surface area contributed by atoms with Gasteiger partial charge in [-0.2, -0.15) is 0 Å². The van der Waals surface area contributed by atoms with Crippen LogP contribution in [0.5, 0.6) is 5.75 Å². The molecule has 7 heteroatoms. The van der Waals surface area contributed by atoms with Crippen LogP contribution in [0.4, 0.5) is 17.1 Å². The van der Waals surface area contributed by atoms with Crippen molar-refractivity contribution >= 4 is 28.9 Å². The summed E-state index contributed by atoms with van der Waals surface area (Å²) in [6.45, 7) is 5.23. The molecule has 170 valence electrons. The molecule has 2 amide bonds. The third kappa shape index (κ3) is 5.15. The van der Waals surface area contributed by atoms with Crippen molar-refractivity contribution in [2.75, 3.05) is 48.4 Å². The molecule has 0 aromatic heterocycles. The van der Waals surface area contributed by atoms with Crippen molar-refractivity contribution in [1.82, 2.24) is 5.32 Å². The number of carbonyl (C=O) groups excluding carboxylic acids is 2. The standard InChI is InChI=1S/C25H32N4O3/c1-3-6-24(30)26-19-11-12-21(20(17-19)25(31)27-18-9-10-18)28-13-15-29(16-14-28)22-7-4-5-8-23(22)32-2/h4-5,7-8,11-12,17-18H,3,6,9-10,13-16H2,1-2H3,(H,26,30)(H,27,31). The highest BCUT2D eigenvalue weighted by Gasteiger charge is 2.27. The number of methoxy groups -OCH3 is 1. The second kappa shape index (κ2) is 9.94. The SMILES string of the molecule is CCCC(=O)Nc1ccc(N2CCN(c3ccccc3OC)CC2)c(C(=O)NC2CC2)c1. The Morgan fingerprint density at radius 2 is 1.69 bits per heavy atom. The van der Waals surface area contributed by atoms with Crippen LogP contribution in [0.2, 0.25) is 0 Å². The highest BCUT2D eigenvalue weighted by molar-refractivity contribution is 6.02. The smallest absolute Gasteiger partial charge is 0.253 e. The van der Waals surface area contributed by atoms with Crippen molar-refractivity contribution in [2.24, 2.45) is 0 Å². The molecular weight excluding hydrogens is 404 g/mol. The Kier molecular flexibility index (Phi) is 6.83. The van der Waals surface area contributed by atoms with Crippen LogP contribution in [0.1, 0.15) is 43.0 Å². The first-order chi connectivity index (χ1) is 15.6. The number of ether oxygens (including phenoxy) is 1. The molecule has 7 nitrogen and oxygen atoms in total. The van der Waals surface area contributed by atoms with Crippen LogP contribution in [0.25, 0.3) is 0 Å². The van der Waals surface area contributed by atoms with E-state index in [0.717, 1.165) is 62.6 Å². The third-order valence-corrected chi connectivity index (χ3v) is 5.96. The van der Waals surface area contributed by atoms with Crippen molar-refractivity contribution in [3.63, 3.8) is 0 Å². The number of carbonyl (C=O) groups is 2. The first-order valence-electron chi connectivity index (χ1n) is 11.5. The molecule has 0 atom stereocenters. The molecule has 0 spiro atoms. The Bertz CT molecular complexity index is 965. The maximum atomic E-state index is 13.0. The van der Waals surface area contributed by atoms with Crippen LogP contribution in [-0.4, -0.2) is 51.1 Å². The minimum Gasteiger partial charge on any atom is -0.495 e. The molecule has 1 aliphatic heterocycles. The maximum Gasteiger partial charge on any atom is 0.253 e. The zero-order valence-electron chi connectivity index (χ0n) is 18.9. The fourth-order valence-corrected chi connectivity index (χ4v) is 4.09. The van der Waals surface area contributed by atoms with E-state index >= 15 is 0 Å². The molecule has 2 fully saturated rings. The Hall–Kier alpha value is -3.22. The minimum atomic E-state index is -0.0683. The van der Waals surface area contributed by atoms with E-state index in [0.29, 0.717) is 17.7 Å². The first kappa shape index (κ1) is 22.0. The van der Waals surface area contributed by atoms with Gasteiger partial charge in [-0.25, -0.2) is 0 Å². The fourth-order valence-electron chi connectivity index (χ4n) is 4.09. The number of benzene rings is 2. The zero-order chi connectivity index (χ0) is 22.5. The van der Waals surface area contributed by atoms with Gasteiger partial charge in [-0.3, -0.25) is 9.59 Å². The van der Waals surface area contributed by atoms with Crippen LogP contribution < -0.4 is 25.2 Å². The first-order valence-corrected chi connectivity index (χ1v) is 11.5. The topological polar surface area (TPSA) is 73.9 Å². The quantitative estimate of drug-likeness (QED) is 0.661. The largest absolute Gasteiger partial charge is 0.495 e. The van der Waals surface area contributed by atoms with E-state index < -0.39 is 0 Å². The Labute approximate surface area is 189 Å². The second-order valence-electron chi connectivity index (χ2n) is 8.42. The number of hydrogen-bond donors (Lipinski definition) is 2. The van der Waals surface area contributed by atoms with Gasteiger partial charge in [0, 0.05) is 50.0 Å². The van der Waals surface area contributed by atoms with Crippen molar-refractivity contribution < 1.29 is 14.3 Å². The molecule has 32 heavy (non-hydrogen) atoms. The van der Waals surface area contributed by atoms with Gasteiger partial charge in [0.1, 0.15) is 5.75 Å². The summed E-state index contributed by atoms with van der Waals surface area (Å²) in [5.74, 6) is 0.776. The number of para-hydroxylation sites is 2. The number of anilines is 3. The van der Waals surface area contributed by atoms with Crippen molar-refractivity contribution in [1.29, 1.82) is 0 Å². The van der Waals surface area contributed by atoms with Gasteiger partial charge in [0.05, 0.1) is 18.4 Å². The highest BCUT2D eigenvalue weighted by atomic mass is 16.5. The molecule has 2 N–H and O–H groups in total. The lowest BCUT2D eigenvalue weighted by atomic mass is 10.1. The summed E-state index contributed by atoms with van der Waals surface area (Å²) >= 11 is 0. The maximum absolute atomic E-state index is 13.0. The molecule has 1 saturated heterocycles. The number of rotatable bonds is 8. The monoisotopic (exact) mass is 436 g/mol. The van der Waals surface area contributed by atoms with E-state index in [1.165, 1.54) is 0 Å². The van der Waals surface area contributed by atoms with Crippen LogP contribution in [0.3, 0.4) is 0 Å². The molecule has 0 radical (unpaired) electrons. The summed E-state index contributed by atoms with van der Waals surface area (Å²) < 4.78 is 5.52. The third-order valence-electron chi connectivity index (χ3n) is 5.96. The Balaban J connectivity index is 1.51. The summed E-state index contributed by atoms with van der Waals surface area (Å²) in [4.78, 5) is 29.6. The normalized spacial score (nSPS) is 15.9. The molecule has 2 aliphatic rings. The predicted octanol–water partition coefficient (Wildman–Crippen LogP) is 3.65. The molecule has 4 rings (SSSR count). The number of nitrogens with one attached hydrogen (secondary N) is 2. The van der Waals surface area contributed by atoms with Crippen molar-refractivity contribution in [2.45, 2.75) is 38.6 Å². The molecular formula is C25H32N4O3. The summed E-state index contributed by atoms with van der Waals surface area (Å²) in [5, 5.41) is 6.02. The summed E-state index contributed by atoms with van der Waals surface area (Å²) in [7, 11) is 1.70. The van der Waals surface area contributed by atoms with E-state index in [2.05, 4.69) is 26.5 Å². The van der Waals surface area contributed by atoms with E-state index in [9.17, 15) is 9.59 Å². The average molecular weight is 437 g/mol. The summed E-state index contributed by atoms with van der Waals surface area (Å²) in [6.07, 6.45) is 3.32. The van der Waals surface area contributed by atoms with Gasteiger partial charge in [-0.1, -0.05) is 19.1 Å². The van der Waals surface area contributed by atoms with Crippen LogP contribution in [0, 0.1) is 0 Å². The van der Waals surface area contributed by atoms with Gasteiger partial charge in [-0.05, 0) is 49.6 Å². The number of nitrogens with zero attached hydrogens (tertiary/aromatic N) is 2. The van der Waals surface area contributed by atoms with E-state index in [-0.39, 0.29) is 17.9 Å². The summed E-state index contributed by atoms with van der Waals surface area (Å²) in [5.41, 5.74) is 3.30. The number of piperazine rings is 1. The van der Waals surface area contributed by atoms with Crippen LogP contribution >= 0.6 is 0 Å². The van der Waals surface area contributed by atoms with Crippen LogP contribution in [0.15, 0.2) is 42.5 Å². The van der Waals surface area contributed by atoms with Gasteiger partial charge >= 0.3 is 0 Å². The van der Waals surface area contributed by atoms with Gasteiger partial charge in [0.25, 0.3) is 5.91 Å². The van der Waals surface area contributed by atoms with Crippen molar-refractivity contribution in [3.05, 3.63) is 48.0 Å². The lowest BCUT2D eigenvalue weighted by Crippen LogP contribution is -2.47. The Morgan fingerprint density at radius 3 is 2.34 bits per heavy atom. The number of amides is 2. The lowest BCUT2D eigenvalue weighted by Gasteiger charge is -2.38. The zero-order valence-corrected chi connectivity index (χ0v) is 18.9. The fraction of sp³-hybridized carbons (Fsp3) is 0.440. The van der Waals surface area contributed by atoms with Gasteiger partial charge in [0.15, 0.2) is 0 Å². The van der Waals surface area contributed by atoms with E-state index in [1.807, 2.05) is 43.3 Å². The highest BCUT2D eigenvalue weighted by Crippen LogP contribution is 2.31. The molecule has 0 unspecified atom stereocenters. The van der Waals surface area contributed by atoms with Crippen LogP contribution in [-0.2, 0) is 4.79 Å². The van der Waals surface area contributed by atoms with E-state index in [4.69, 9.17) is 4.74 Å². The van der Waals surface area contributed by atoms with Gasteiger partial charge in [0.2, 0.25) is 5.91 Å². The Morgan fingerprint density at radius 1 is 1.00 bits per heavy atom. The molecule has 1 aliphatic carbocycles. The molecule has 2 aromatic carbocycles. The lowest BCUT2D eigenvalue weighted by molar-refractivity contribution is -0.116. The van der Waals surface area contributed by atoms with Gasteiger partial charge in [-0.15, -0.1) is 0 Å². The minimum absolute atomic E-state index is 0.0285. The summed E-state index contributed by atoms with van der Waals surface area (Å²) in [6, 6.07) is 14.0. The molecule has 1 saturated carbocycles. The molecule has 2 aromatic rings. The van der Waals surface area contributed by atoms with Crippen molar-refractivity contribution in [3.8, 4) is 5.75 Å².